The topological polar surface area (TPSA) is 77.8 Å². The maximum Gasteiger partial charge on any atom is 0.250 e. The second kappa shape index (κ2) is 7.27. The molecule has 0 saturated carbocycles. The molecule has 2 aromatic heterocycles. The molecule has 0 radical (unpaired) electrons. The molecule has 0 aliphatic rings. The maximum absolute atomic E-state index is 14.0. The van der Waals surface area contributed by atoms with Gasteiger partial charge in [-0.1, -0.05) is 0 Å². The number of aromatic nitrogens is 3. The number of imidazole rings is 1. The van der Waals surface area contributed by atoms with Crippen LogP contribution in [0, 0.1) is 5.82 Å². The molecule has 0 aliphatic carbocycles. The van der Waals surface area contributed by atoms with Crippen LogP contribution in [0.1, 0.15) is 6.92 Å². The molecule has 0 fully saturated rings. The number of methoxy groups -OCH3 is 1. The minimum Gasteiger partial charge on any atom is -0.480 e. The summed E-state index contributed by atoms with van der Waals surface area (Å²) in [6.45, 7) is 2.06. The molecule has 1 aromatic carbocycles. The Morgan fingerprint density at radius 3 is 2.92 bits per heavy atom. The van der Waals surface area contributed by atoms with E-state index in [-0.39, 0.29) is 12.3 Å². The summed E-state index contributed by atoms with van der Waals surface area (Å²) >= 11 is 0. The molecule has 1 N–H and O–H groups in total. The van der Waals surface area contributed by atoms with Gasteiger partial charge in [-0.15, -0.1) is 5.10 Å². The minimum absolute atomic E-state index is 0.0739. The third-order valence-corrected chi connectivity index (χ3v) is 3.48. The minimum atomic E-state index is -0.530. The number of fused-ring (bicyclic) bond motifs is 1. The number of nitrogens with one attached hydrogen (secondary N) is 1. The Bertz CT molecular complexity index is 910. The number of anilines is 1. The van der Waals surface area contributed by atoms with Crippen LogP contribution in [-0.2, 0) is 9.53 Å². The predicted octanol–water partition coefficient (Wildman–Crippen LogP) is 2.52. The SMILES string of the molecule is CCOCC(=O)Nc1cc(-c2cn3nc(OC)ccc3n2)ccc1F. The Balaban J connectivity index is 1.89. The van der Waals surface area contributed by atoms with Crippen LogP contribution in [0.2, 0.25) is 0 Å². The molecule has 0 saturated heterocycles. The second-order valence-electron chi connectivity index (χ2n) is 5.18. The number of carbonyl (C=O) groups excluding carboxylic acids is 1. The van der Waals surface area contributed by atoms with Gasteiger partial charge < -0.3 is 14.8 Å². The summed E-state index contributed by atoms with van der Waals surface area (Å²) in [5, 5.41) is 6.73. The first-order valence-corrected chi connectivity index (χ1v) is 7.68. The fraction of sp³-hybridized carbons (Fsp3) is 0.235. The number of ether oxygens (including phenoxy) is 2. The molecule has 3 aromatic rings. The van der Waals surface area contributed by atoms with Crippen LogP contribution < -0.4 is 10.1 Å². The van der Waals surface area contributed by atoms with Gasteiger partial charge in [-0.3, -0.25) is 4.79 Å². The normalized spacial score (nSPS) is 10.8. The number of hydrogen-bond acceptors (Lipinski definition) is 5. The van der Waals surface area contributed by atoms with E-state index in [9.17, 15) is 9.18 Å². The fourth-order valence-electron chi connectivity index (χ4n) is 2.27. The standard InChI is InChI=1S/C17H17FN4O3/c1-3-25-10-16(23)20-13-8-11(4-5-12(13)18)14-9-22-15(19-14)6-7-17(21-22)24-2/h4-9H,3,10H2,1-2H3,(H,20,23). The van der Waals surface area contributed by atoms with Crippen molar-refractivity contribution in [2.45, 2.75) is 6.92 Å². The number of amides is 1. The molecule has 0 aliphatic heterocycles. The van der Waals surface area contributed by atoms with Crippen molar-refractivity contribution < 1.29 is 18.7 Å². The van der Waals surface area contributed by atoms with E-state index in [0.717, 1.165) is 0 Å². The predicted molar refractivity (Wildman–Crippen MR) is 90.1 cm³/mol. The zero-order valence-electron chi connectivity index (χ0n) is 13.8. The van der Waals surface area contributed by atoms with E-state index in [1.807, 2.05) is 0 Å². The number of benzene rings is 1. The van der Waals surface area contributed by atoms with Crippen LogP contribution in [0.3, 0.4) is 0 Å². The average Bonchev–Trinajstić information content (AvgIpc) is 3.04. The van der Waals surface area contributed by atoms with E-state index in [4.69, 9.17) is 9.47 Å². The van der Waals surface area contributed by atoms with Crippen LogP contribution >= 0.6 is 0 Å². The summed E-state index contributed by atoms with van der Waals surface area (Å²) in [5.41, 5.74) is 1.95. The second-order valence-corrected chi connectivity index (χ2v) is 5.18. The number of nitrogens with zero attached hydrogens (tertiary/aromatic N) is 3. The first kappa shape index (κ1) is 16.8. The van der Waals surface area contributed by atoms with Gasteiger partial charge in [-0.25, -0.2) is 13.9 Å². The lowest BCUT2D eigenvalue weighted by Gasteiger charge is -2.08. The van der Waals surface area contributed by atoms with E-state index in [2.05, 4.69) is 15.4 Å². The highest BCUT2D eigenvalue weighted by molar-refractivity contribution is 5.92. The molecule has 1 amide bonds. The first-order valence-electron chi connectivity index (χ1n) is 7.68. The summed E-state index contributed by atoms with van der Waals surface area (Å²) in [7, 11) is 1.53. The van der Waals surface area contributed by atoms with Gasteiger partial charge in [-0.05, 0) is 31.2 Å². The molecule has 130 valence electrons. The van der Waals surface area contributed by atoms with Gasteiger partial charge in [-0.2, -0.15) is 0 Å². The van der Waals surface area contributed by atoms with Gasteiger partial charge in [0.1, 0.15) is 12.4 Å². The summed E-state index contributed by atoms with van der Waals surface area (Å²) in [4.78, 5) is 16.2. The van der Waals surface area contributed by atoms with Crippen molar-refractivity contribution in [3.8, 4) is 17.1 Å². The van der Waals surface area contributed by atoms with Gasteiger partial charge in [0.05, 0.1) is 24.7 Å². The Labute approximate surface area is 143 Å². The van der Waals surface area contributed by atoms with Crippen LogP contribution in [0.5, 0.6) is 5.88 Å². The third-order valence-electron chi connectivity index (χ3n) is 3.48. The molecule has 2 heterocycles. The number of halogens is 1. The van der Waals surface area contributed by atoms with Gasteiger partial charge >= 0.3 is 0 Å². The van der Waals surface area contributed by atoms with Gasteiger partial charge in [0.15, 0.2) is 5.65 Å². The van der Waals surface area contributed by atoms with E-state index in [1.165, 1.54) is 19.2 Å². The van der Waals surface area contributed by atoms with Gasteiger partial charge in [0, 0.05) is 18.2 Å². The van der Waals surface area contributed by atoms with Crippen molar-refractivity contribution in [3.63, 3.8) is 0 Å². The average molecular weight is 344 g/mol. The number of rotatable bonds is 6. The monoisotopic (exact) mass is 344 g/mol. The summed E-state index contributed by atoms with van der Waals surface area (Å²) in [5.74, 6) is -0.490. The van der Waals surface area contributed by atoms with Gasteiger partial charge in [0.25, 0.3) is 0 Å². The number of carbonyl (C=O) groups is 1. The van der Waals surface area contributed by atoms with Crippen molar-refractivity contribution in [2.75, 3.05) is 25.6 Å². The highest BCUT2D eigenvalue weighted by Crippen LogP contribution is 2.25. The smallest absolute Gasteiger partial charge is 0.250 e. The van der Waals surface area contributed by atoms with Crippen molar-refractivity contribution in [1.29, 1.82) is 0 Å². The van der Waals surface area contributed by atoms with Crippen molar-refractivity contribution >= 4 is 17.2 Å². The zero-order valence-corrected chi connectivity index (χ0v) is 13.8. The van der Waals surface area contributed by atoms with E-state index >= 15 is 0 Å². The molecule has 0 spiro atoms. The maximum atomic E-state index is 14.0. The third kappa shape index (κ3) is 3.74. The Hall–Kier alpha value is -3.00. The highest BCUT2D eigenvalue weighted by atomic mass is 19.1. The highest BCUT2D eigenvalue weighted by Gasteiger charge is 2.12. The summed E-state index contributed by atoms with van der Waals surface area (Å²) in [6.07, 6.45) is 1.71. The lowest BCUT2D eigenvalue weighted by atomic mass is 10.1. The van der Waals surface area contributed by atoms with Gasteiger partial charge in [0.2, 0.25) is 11.8 Å². The van der Waals surface area contributed by atoms with Crippen molar-refractivity contribution in [1.82, 2.24) is 14.6 Å². The lowest BCUT2D eigenvalue weighted by molar-refractivity contribution is -0.120. The van der Waals surface area contributed by atoms with Crippen LogP contribution in [-0.4, -0.2) is 40.8 Å². The van der Waals surface area contributed by atoms with Crippen LogP contribution in [0.15, 0.2) is 36.5 Å². The molecule has 25 heavy (non-hydrogen) atoms. The zero-order chi connectivity index (χ0) is 17.8. The Morgan fingerprint density at radius 1 is 1.32 bits per heavy atom. The molecular formula is C17H17FN4O3. The Kier molecular flexibility index (Phi) is 4.90. The largest absolute Gasteiger partial charge is 0.480 e. The number of hydrogen-bond donors (Lipinski definition) is 1. The summed E-state index contributed by atoms with van der Waals surface area (Å²) in [6, 6.07) is 7.87. The van der Waals surface area contributed by atoms with Crippen molar-refractivity contribution in [2.24, 2.45) is 0 Å². The molecule has 0 atom stereocenters. The molecular weight excluding hydrogens is 327 g/mol. The quantitative estimate of drug-likeness (QED) is 0.743. The Morgan fingerprint density at radius 2 is 2.16 bits per heavy atom. The molecule has 7 nitrogen and oxygen atoms in total. The van der Waals surface area contributed by atoms with Crippen LogP contribution in [0.4, 0.5) is 10.1 Å². The first-order chi connectivity index (χ1) is 12.1. The molecule has 3 rings (SSSR count). The summed E-state index contributed by atoms with van der Waals surface area (Å²) < 4.78 is 25.6. The molecule has 8 heteroatoms. The van der Waals surface area contributed by atoms with Crippen LogP contribution in [0.25, 0.3) is 16.9 Å². The van der Waals surface area contributed by atoms with Crippen molar-refractivity contribution in [3.05, 3.63) is 42.3 Å². The van der Waals surface area contributed by atoms with E-state index in [1.54, 1.807) is 35.8 Å². The lowest BCUT2D eigenvalue weighted by Crippen LogP contribution is -2.18. The fourth-order valence-corrected chi connectivity index (χ4v) is 2.27. The molecule has 0 bridgehead atoms. The molecule has 0 unspecified atom stereocenters. The van der Waals surface area contributed by atoms with E-state index in [0.29, 0.717) is 29.4 Å². The van der Waals surface area contributed by atoms with E-state index < -0.39 is 11.7 Å².